The van der Waals surface area contributed by atoms with Gasteiger partial charge in [0.25, 0.3) is 0 Å². The van der Waals surface area contributed by atoms with Crippen molar-refractivity contribution in [2.24, 2.45) is 11.1 Å². The van der Waals surface area contributed by atoms with E-state index in [1.54, 1.807) is 0 Å². The minimum atomic E-state index is 0.563. The van der Waals surface area contributed by atoms with Gasteiger partial charge in [0.05, 0.1) is 0 Å². The third kappa shape index (κ3) is 3.14. The van der Waals surface area contributed by atoms with Crippen LogP contribution in [0.4, 0.5) is 0 Å². The van der Waals surface area contributed by atoms with Crippen LogP contribution in [-0.4, -0.2) is 6.54 Å². The highest BCUT2D eigenvalue weighted by molar-refractivity contribution is 5.30. The molecule has 0 amide bonds. The highest BCUT2D eigenvalue weighted by atomic mass is 14.5. The Labute approximate surface area is 112 Å². The average Bonchev–Trinajstić information content (AvgIpc) is 2.80. The van der Waals surface area contributed by atoms with E-state index < -0.39 is 0 Å². The van der Waals surface area contributed by atoms with Gasteiger partial charge in [-0.2, -0.15) is 0 Å². The fourth-order valence-electron chi connectivity index (χ4n) is 3.42. The number of nitrogens with two attached hydrogens (primary N) is 1. The molecule has 0 unspecified atom stereocenters. The maximum absolute atomic E-state index is 5.81. The van der Waals surface area contributed by atoms with E-state index in [0.717, 1.165) is 6.54 Å². The first kappa shape index (κ1) is 13.6. The highest BCUT2D eigenvalue weighted by Crippen LogP contribution is 2.44. The molecule has 1 nitrogen and oxygen atoms in total. The molecule has 0 radical (unpaired) electrons. The number of rotatable bonds is 5. The second kappa shape index (κ2) is 5.88. The molecule has 0 heterocycles. The molecule has 0 saturated heterocycles. The molecule has 1 aliphatic rings. The van der Waals surface area contributed by atoms with Gasteiger partial charge in [-0.3, -0.25) is 0 Å². The molecule has 18 heavy (non-hydrogen) atoms. The van der Waals surface area contributed by atoms with Crippen LogP contribution in [-0.2, 0) is 6.42 Å². The van der Waals surface area contributed by atoms with Gasteiger partial charge in [-0.15, -0.1) is 0 Å². The fraction of sp³-hybridized carbons (Fsp3) is 0.647. The zero-order valence-electron chi connectivity index (χ0n) is 12.0. The first-order chi connectivity index (χ1) is 8.65. The summed E-state index contributed by atoms with van der Waals surface area (Å²) in [5, 5.41) is 0. The second-order valence-corrected chi connectivity index (χ2v) is 6.16. The van der Waals surface area contributed by atoms with E-state index >= 15 is 0 Å². The van der Waals surface area contributed by atoms with Gasteiger partial charge in [0.15, 0.2) is 0 Å². The molecule has 100 valence electrons. The van der Waals surface area contributed by atoms with Crippen LogP contribution in [0.15, 0.2) is 18.2 Å². The van der Waals surface area contributed by atoms with Crippen molar-refractivity contribution < 1.29 is 0 Å². The van der Waals surface area contributed by atoms with Crippen molar-refractivity contribution >= 4 is 0 Å². The Morgan fingerprint density at radius 1 is 1.06 bits per heavy atom. The molecule has 2 rings (SSSR count). The fourth-order valence-corrected chi connectivity index (χ4v) is 3.42. The van der Waals surface area contributed by atoms with Crippen LogP contribution in [0.2, 0.25) is 0 Å². The third-order valence-corrected chi connectivity index (χ3v) is 4.85. The van der Waals surface area contributed by atoms with Crippen LogP contribution in [0, 0.1) is 19.3 Å². The molecule has 1 aromatic carbocycles. The van der Waals surface area contributed by atoms with E-state index in [0.29, 0.717) is 5.41 Å². The summed E-state index contributed by atoms with van der Waals surface area (Å²) >= 11 is 0. The summed E-state index contributed by atoms with van der Waals surface area (Å²) in [6.45, 7) is 5.25. The van der Waals surface area contributed by atoms with Crippen molar-refractivity contribution in [3.05, 3.63) is 34.9 Å². The van der Waals surface area contributed by atoms with Crippen LogP contribution >= 0.6 is 0 Å². The molecule has 1 aliphatic carbocycles. The monoisotopic (exact) mass is 245 g/mol. The Balaban J connectivity index is 1.98. The van der Waals surface area contributed by atoms with Crippen LogP contribution in [0.5, 0.6) is 0 Å². The van der Waals surface area contributed by atoms with E-state index in [1.165, 1.54) is 61.6 Å². The van der Waals surface area contributed by atoms with Gasteiger partial charge in [0, 0.05) is 0 Å². The number of benzene rings is 1. The van der Waals surface area contributed by atoms with Gasteiger partial charge < -0.3 is 5.73 Å². The lowest BCUT2D eigenvalue weighted by molar-refractivity contribution is 0.253. The lowest BCUT2D eigenvalue weighted by Crippen LogP contribution is -2.21. The average molecular weight is 245 g/mol. The molecule has 1 saturated carbocycles. The molecule has 0 aliphatic heterocycles. The lowest BCUT2D eigenvalue weighted by atomic mass is 9.77. The van der Waals surface area contributed by atoms with E-state index in [2.05, 4.69) is 32.0 Å². The highest BCUT2D eigenvalue weighted by Gasteiger charge is 2.32. The van der Waals surface area contributed by atoms with Gasteiger partial charge >= 0.3 is 0 Å². The maximum Gasteiger partial charge on any atom is -0.00720 e. The Morgan fingerprint density at radius 2 is 1.78 bits per heavy atom. The third-order valence-electron chi connectivity index (χ3n) is 4.85. The normalized spacial score (nSPS) is 18.2. The SMILES string of the molecule is Cc1ccc(CCC2(CCN)CCCC2)cc1C. The predicted octanol–water partition coefficient (Wildman–Crippen LogP) is 4.15. The second-order valence-electron chi connectivity index (χ2n) is 6.16. The van der Waals surface area contributed by atoms with Gasteiger partial charge in [0.1, 0.15) is 0 Å². The molecule has 0 spiro atoms. The Kier molecular flexibility index (Phi) is 4.45. The number of aryl methyl sites for hydroxylation is 3. The summed E-state index contributed by atoms with van der Waals surface area (Å²) in [6.07, 6.45) is 9.38. The minimum Gasteiger partial charge on any atom is -0.330 e. The smallest absolute Gasteiger partial charge is 0.00720 e. The van der Waals surface area contributed by atoms with Crippen molar-refractivity contribution in [2.75, 3.05) is 6.54 Å². The first-order valence-corrected chi connectivity index (χ1v) is 7.41. The topological polar surface area (TPSA) is 26.0 Å². The molecule has 0 atom stereocenters. The standard InChI is InChI=1S/C17H27N/c1-14-5-6-16(13-15(14)2)7-10-17(11-12-18)8-3-4-9-17/h5-6,13H,3-4,7-12,18H2,1-2H3. The van der Waals surface area contributed by atoms with Crippen LogP contribution < -0.4 is 5.73 Å². The van der Waals surface area contributed by atoms with Gasteiger partial charge in [-0.1, -0.05) is 31.0 Å². The van der Waals surface area contributed by atoms with Crippen LogP contribution in [0.25, 0.3) is 0 Å². The number of hydrogen-bond acceptors (Lipinski definition) is 1. The summed E-state index contributed by atoms with van der Waals surface area (Å²) < 4.78 is 0. The zero-order valence-corrected chi connectivity index (χ0v) is 12.0. The zero-order chi connectivity index (χ0) is 13.0. The summed E-state index contributed by atoms with van der Waals surface area (Å²) in [4.78, 5) is 0. The van der Waals surface area contributed by atoms with Crippen molar-refractivity contribution in [1.29, 1.82) is 0 Å². The van der Waals surface area contributed by atoms with E-state index in [1.807, 2.05) is 0 Å². The lowest BCUT2D eigenvalue weighted by Gasteiger charge is -2.28. The van der Waals surface area contributed by atoms with Crippen molar-refractivity contribution in [3.8, 4) is 0 Å². The van der Waals surface area contributed by atoms with E-state index in [9.17, 15) is 0 Å². The van der Waals surface area contributed by atoms with Crippen LogP contribution in [0.3, 0.4) is 0 Å². The minimum absolute atomic E-state index is 0.563. The molecule has 2 N–H and O–H groups in total. The summed E-state index contributed by atoms with van der Waals surface area (Å²) in [5.74, 6) is 0. The molecule has 1 heteroatoms. The predicted molar refractivity (Wildman–Crippen MR) is 78.8 cm³/mol. The maximum atomic E-state index is 5.81. The first-order valence-electron chi connectivity index (χ1n) is 7.41. The van der Waals surface area contributed by atoms with Crippen molar-refractivity contribution in [3.63, 3.8) is 0 Å². The van der Waals surface area contributed by atoms with Gasteiger partial charge in [0.2, 0.25) is 0 Å². The van der Waals surface area contributed by atoms with Gasteiger partial charge in [-0.25, -0.2) is 0 Å². The van der Waals surface area contributed by atoms with E-state index in [-0.39, 0.29) is 0 Å². The van der Waals surface area contributed by atoms with Gasteiger partial charge in [-0.05, 0) is 74.6 Å². The largest absolute Gasteiger partial charge is 0.330 e. The van der Waals surface area contributed by atoms with Crippen molar-refractivity contribution in [1.82, 2.24) is 0 Å². The Bertz CT molecular complexity index is 389. The molecular formula is C17H27N. The summed E-state index contributed by atoms with van der Waals surface area (Å²) in [6, 6.07) is 6.92. The number of hydrogen-bond donors (Lipinski definition) is 1. The van der Waals surface area contributed by atoms with E-state index in [4.69, 9.17) is 5.73 Å². The molecular weight excluding hydrogens is 218 g/mol. The molecule has 1 aromatic rings. The quantitative estimate of drug-likeness (QED) is 0.828. The molecule has 0 aromatic heterocycles. The molecule has 1 fully saturated rings. The summed E-state index contributed by atoms with van der Waals surface area (Å²) in [7, 11) is 0. The van der Waals surface area contributed by atoms with Crippen LogP contribution in [0.1, 0.15) is 55.2 Å². The summed E-state index contributed by atoms with van der Waals surface area (Å²) in [5.41, 5.74) is 10.7. The molecule has 0 bridgehead atoms. The Hall–Kier alpha value is -0.820. The Morgan fingerprint density at radius 3 is 2.39 bits per heavy atom. The van der Waals surface area contributed by atoms with Crippen molar-refractivity contribution in [2.45, 2.75) is 58.8 Å².